The maximum Gasteiger partial charge on any atom is 0.417 e. The van der Waals surface area contributed by atoms with Crippen LogP contribution < -0.4 is 15.5 Å². The van der Waals surface area contributed by atoms with Crippen LogP contribution in [0.15, 0.2) is 59.6 Å². The van der Waals surface area contributed by atoms with Crippen LogP contribution in [0, 0.1) is 0 Å². The molecule has 4 rings (SSSR count). The van der Waals surface area contributed by atoms with Crippen molar-refractivity contribution in [1.29, 1.82) is 0 Å². The number of hydrogen-bond acceptors (Lipinski definition) is 6. The molecular weight excluding hydrogens is 583 g/mol. The summed E-state index contributed by atoms with van der Waals surface area (Å²) >= 11 is 2.87. The topological polar surface area (TPSA) is 114 Å². The van der Waals surface area contributed by atoms with E-state index in [1.165, 1.54) is 36.7 Å². The molecule has 3 amide bonds. The third-order valence-corrected chi connectivity index (χ3v) is 5.92. The molecule has 0 spiro atoms. The molecule has 4 aromatic rings. The number of fused-ring (bicyclic) bond motifs is 1. The van der Waals surface area contributed by atoms with Crippen LogP contribution in [0.25, 0.3) is 16.9 Å². The van der Waals surface area contributed by atoms with E-state index in [0.29, 0.717) is 22.5 Å². The third-order valence-electron chi connectivity index (χ3n) is 5.23. The maximum atomic E-state index is 13.1. The van der Waals surface area contributed by atoms with Crippen LogP contribution in [0.2, 0.25) is 0 Å². The van der Waals surface area contributed by atoms with Crippen LogP contribution in [0.1, 0.15) is 26.3 Å². The Balaban J connectivity index is 1.49. The van der Waals surface area contributed by atoms with Gasteiger partial charge >= 0.3 is 18.3 Å². The van der Waals surface area contributed by atoms with Gasteiger partial charge in [-0.15, -0.1) is 0 Å². The summed E-state index contributed by atoms with van der Waals surface area (Å²) < 4.78 is 46.3. The number of alkyl halides is 3. The van der Waals surface area contributed by atoms with Gasteiger partial charge in [-0.3, -0.25) is 9.47 Å². The number of amides is 3. The normalized spacial score (nSPS) is 11.8. The molecule has 0 radical (unpaired) electrons. The molecule has 14 heteroatoms. The van der Waals surface area contributed by atoms with Crippen molar-refractivity contribution in [2.24, 2.45) is 0 Å². The quantitative estimate of drug-likeness (QED) is 0.270. The Morgan fingerprint density at radius 1 is 0.974 bits per heavy atom. The first kappa shape index (κ1) is 27.8. The molecule has 0 atom stereocenters. The molecule has 10 nitrogen and oxygen atoms in total. The van der Waals surface area contributed by atoms with Gasteiger partial charge in [0.2, 0.25) is 0 Å². The van der Waals surface area contributed by atoms with Crippen LogP contribution in [0.5, 0.6) is 0 Å². The molecule has 0 unspecified atom stereocenters. The lowest BCUT2D eigenvalue weighted by molar-refractivity contribution is -0.138. The van der Waals surface area contributed by atoms with Gasteiger partial charge in [0.25, 0.3) is 0 Å². The molecule has 0 saturated carbocycles. The molecule has 0 saturated heterocycles. The zero-order valence-corrected chi connectivity index (χ0v) is 22.8. The van der Waals surface area contributed by atoms with Crippen molar-refractivity contribution in [3.8, 4) is 5.69 Å². The lowest BCUT2D eigenvalue weighted by Crippen LogP contribution is -2.34. The van der Waals surface area contributed by atoms with Crippen molar-refractivity contribution in [3.05, 3.63) is 65.2 Å². The summed E-state index contributed by atoms with van der Waals surface area (Å²) in [5, 5.41) is 4.97. The van der Waals surface area contributed by atoms with Crippen molar-refractivity contribution in [3.63, 3.8) is 0 Å². The largest absolute Gasteiger partial charge is 0.443 e. The van der Waals surface area contributed by atoms with Crippen molar-refractivity contribution >= 4 is 56.4 Å². The summed E-state index contributed by atoms with van der Waals surface area (Å²) in [4.78, 5) is 39.0. The van der Waals surface area contributed by atoms with E-state index in [2.05, 4.69) is 41.5 Å². The summed E-state index contributed by atoms with van der Waals surface area (Å²) in [5.74, 6) is 0.268. The fourth-order valence-corrected chi connectivity index (χ4v) is 3.96. The van der Waals surface area contributed by atoms with Crippen LogP contribution in [-0.2, 0) is 10.9 Å². The Labute approximate surface area is 229 Å². The SMILES string of the molecule is CN(C(=O)OC(C)(C)C)c1ncnc2c1ncn2-c1ccc(NC(=O)Nc2ccc(Br)c(C(F)(F)F)c2)cc1. The number of rotatable bonds is 4. The first-order valence-corrected chi connectivity index (χ1v) is 12.2. The number of benzene rings is 2. The summed E-state index contributed by atoms with van der Waals surface area (Å²) in [6, 6.07) is 9.29. The Hall–Kier alpha value is -4.20. The number of halogens is 4. The van der Waals surface area contributed by atoms with Gasteiger partial charge in [-0.05, 0) is 63.2 Å². The number of nitrogens with one attached hydrogen (secondary N) is 2. The average molecular weight is 606 g/mol. The van der Waals surface area contributed by atoms with E-state index in [9.17, 15) is 22.8 Å². The lowest BCUT2D eigenvalue weighted by atomic mass is 10.2. The predicted molar refractivity (Wildman–Crippen MR) is 143 cm³/mol. The monoisotopic (exact) mass is 605 g/mol. The van der Waals surface area contributed by atoms with Crippen LogP contribution >= 0.6 is 15.9 Å². The van der Waals surface area contributed by atoms with Crippen LogP contribution in [0.4, 0.5) is 40.0 Å². The lowest BCUT2D eigenvalue weighted by Gasteiger charge is -2.24. The number of carbonyl (C=O) groups is 2. The molecule has 2 aromatic heterocycles. The Bertz CT molecular complexity index is 1530. The van der Waals surface area contributed by atoms with Crippen molar-refractivity contribution in [2.45, 2.75) is 32.5 Å². The fourth-order valence-electron chi connectivity index (χ4n) is 3.49. The van der Waals surface area contributed by atoms with Crippen molar-refractivity contribution in [2.75, 3.05) is 22.6 Å². The highest BCUT2D eigenvalue weighted by Crippen LogP contribution is 2.36. The highest BCUT2D eigenvalue weighted by atomic mass is 79.9. The second-order valence-electron chi connectivity index (χ2n) is 9.34. The van der Waals surface area contributed by atoms with E-state index in [1.807, 2.05) is 0 Å². The number of imidazole rings is 1. The molecule has 0 aliphatic heterocycles. The van der Waals surface area contributed by atoms with Gasteiger partial charge in [0.05, 0.1) is 5.56 Å². The maximum absolute atomic E-state index is 13.1. The molecule has 0 aliphatic rings. The number of nitrogens with zero attached hydrogens (tertiary/aromatic N) is 5. The molecule has 2 N–H and O–H groups in total. The minimum absolute atomic E-state index is 0.0173. The van der Waals surface area contributed by atoms with Crippen molar-refractivity contribution in [1.82, 2.24) is 19.5 Å². The number of ether oxygens (including phenoxy) is 1. The van der Waals surface area contributed by atoms with Crippen molar-refractivity contribution < 1.29 is 27.5 Å². The second kappa shape index (κ2) is 10.5. The van der Waals surface area contributed by atoms with Gasteiger partial charge in [0.1, 0.15) is 18.3 Å². The molecule has 0 fully saturated rings. The highest BCUT2D eigenvalue weighted by molar-refractivity contribution is 9.10. The van der Waals surface area contributed by atoms with Crippen LogP contribution in [-0.4, -0.2) is 44.3 Å². The van der Waals surface area contributed by atoms with Gasteiger partial charge in [0, 0.05) is 28.6 Å². The Kier molecular flexibility index (Phi) is 7.50. The number of hydrogen-bond donors (Lipinski definition) is 2. The molecule has 2 heterocycles. The number of aromatic nitrogens is 4. The Morgan fingerprint density at radius 2 is 1.62 bits per heavy atom. The van der Waals surface area contributed by atoms with Crippen LogP contribution in [0.3, 0.4) is 0 Å². The first-order valence-electron chi connectivity index (χ1n) is 11.4. The zero-order valence-electron chi connectivity index (χ0n) is 21.2. The Morgan fingerprint density at radius 3 is 2.26 bits per heavy atom. The number of carbonyl (C=O) groups excluding carboxylic acids is 2. The van der Waals surface area contributed by atoms with Gasteiger partial charge in [0.15, 0.2) is 17.0 Å². The molecule has 39 heavy (non-hydrogen) atoms. The summed E-state index contributed by atoms with van der Waals surface area (Å²) in [6.45, 7) is 5.28. The standard InChI is InChI=1S/C25H23BrF3N7O3/c1-24(2,3)39-23(38)35(4)20-19-21(31-12-30-20)36(13-32-19)16-8-5-14(6-9-16)33-22(37)34-15-7-10-18(26)17(11-15)25(27,28)29/h5-13H,1-4H3,(H2,33,34,37). The summed E-state index contributed by atoms with van der Waals surface area (Å²) in [5.41, 5.74) is 0.250. The van der Waals surface area contributed by atoms with E-state index < -0.39 is 29.5 Å². The number of urea groups is 1. The minimum Gasteiger partial charge on any atom is -0.443 e. The first-order chi connectivity index (χ1) is 18.2. The summed E-state index contributed by atoms with van der Waals surface area (Å²) in [7, 11) is 1.53. The molecule has 204 valence electrons. The molecule has 2 aromatic carbocycles. The van der Waals surface area contributed by atoms with E-state index in [4.69, 9.17) is 4.74 Å². The average Bonchev–Trinajstić information content (AvgIpc) is 3.28. The van der Waals surface area contributed by atoms with Gasteiger partial charge in [-0.2, -0.15) is 13.2 Å². The third kappa shape index (κ3) is 6.45. The van der Waals surface area contributed by atoms with E-state index in [-0.39, 0.29) is 16.0 Å². The molecular formula is C25H23BrF3N7O3. The highest BCUT2D eigenvalue weighted by Gasteiger charge is 2.33. The fraction of sp³-hybridized carbons (Fsp3) is 0.240. The van der Waals surface area contributed by atoms with E-state index >= 15 is 0 Å². The zero-order chi connectivity index (χ0) is 28.5. The van der Waals surface area contributed by atoms with Gasteiger partial charge in [-0.1, -0.05) is 15.9 Å². The number of anilines is 3. The second-order valence-corrected chi connectivity index (χ2v) is 10.2. The van der Waals surface area contributed by atoms with E-state index in [1.54, 1.807) is 49.6 Å². The van der Waals surface area contributed by atoms with Gasteiger partial charge < -0.3 is 15.4 Å². The summed E-state index contributed by atoms with van der Waals surface area (Å²) in [6.07, 6.45) is -2.34. The smallest absolute Gasteiger partial charge is 0.417 e. The molecule has 0 aliphatic carbocycles. The predicted octanol–water partition coefficient (Wildman–Crippen LogP) is 6.61. The van der Waals surface area contributed by atoms with E-state index in [0.717, 1.165) is 6.07 Å². The van der Waals surface area contributed by atoms with Gasteiger partial charge in [-0.25, -0.2) is 24.5 Å². The molecule has 0 bridgehead atoms. The minimum atomic E-state index is -4.57.